The normalized spacial score (nSPS) is 10.7. The standard InChI is InChI=1S/C10H15Cl3N2O4/c1-2-3-4-19-8(17)6-14-7(16)5-15-9(18)10(11,12)13/h2-6H2,1H3,(H,14,16)(H,15,18). The molecule has 19 heavy (non-hydrogen) atoms. The van der Waals surface area contributed by atoms with Gasteiger partial charge in [-0.2, -0.15) is 0 Å². The highest BCUT2D eigenvalue weighted by atomic mass is 35.6. The third kappa shape index (κ3) is 9.81. The van der Waals surface area contributed by atoms with E-state index in [1.165, 1.54) is 0 Å². The maximum atomic E-state index is 11.2. The van der Waals surface area contributed by atoms with E-state index in [1.807, 2.05) is 6.92 Å². The quantitative estimate of drug-likeness (QED) is 0.412. The molecule has 0 aromatic heterocycles. The predicted octanol–water partition coefficient (Wildman–Crippen LogP) is 0.932. The zero-order chi connectivity index (χ0) is 14.9. The topological polar surface area (TPSA) is 84.5 Å². The number of carbonyl (C=O) groups is 3. The first-order valence-corrected chi connectivity index (χ1v) is 6.68. The summed E-state index contributed by atoms with van der Waals surface area (Å²) < 4.78 is 2.68. The van der Waals surface area contributed by atoms with Crippen LogP contribution in [-0.4, -0.2) is 41.3 Å². The Labute approximate surface area is 126 Å². The molecule has 0 rings (SSSR count). The van der Waals surface area contributed by atoms with Gasteiger partial charge in [-0.1, -0.05) is 48.1 Å². The van der Waals surface area contributed by atoms with E-state index in [-0.39, 0.29) is 6.54 Å². The van der Waals surface area contributed by atoms with Gasteiger partial charge in [-0.15, -0.1) is 0 Å². The number of alkyl halides is 3. The van der Waals surface area contributed by atoms with Crippen LogP contribution in [-0.2, 0) is 19.1 Å². The SMILES string of the molecule is CCCCOC(=O)CNC(=O)CNC(=O)C(Cl)(Cl)Cl. The number of halogens is 3. The Morgan fingerprint density at radius 3 is 2.26 bits per heavy atom. The largest absolute Gasteiger partial charge is 0.464 e. The predicted molar refractivity (Wildman–Crippen MR) is 72.2 cm³/mol. The van der Waals surface area contributed by atoms with Crippen LogP contribution in [0.5, 0.6) is 0 Å². The first-order valence-electron chi connectivity index (χ1n) is 5.54. The molecule has 0 aliphatic carbocycles. The van der Waals surface area contributed by atoms with E-state index in [4.69, 9.17) is 39.5 Å². The van der Waals surface area contributed by atoms with Crippen LogP contribution >= 0.6 is 34.8 Å². The van der Waals surface area contributed by atoms with Crippen LogP contribution in [0.15, 0.2) is 0 Å². The molecule has 0 heterocycles. The van der Waals surface area contributed by atoms with Crippen molar-refractivity contribution in [2.45, 2.75) is 23.6 Å². The third-order valence-electron chi connectivity index (χ3n) is 1.86. The molecule has 0 atom stereocenters. The van der Waals surface area contributed by atoms with E-state index in [1.54, 1.807) is 0 Å². The smallest absolute Gasteiger partial charge is 0.325 e. The van der Waals surface area contributed by atoms with Crippen LogP contribution in [0, 0.1) is 0 Å². The number of nitrogens with one attached hydrogen (secondary N) is 2. The van der Waals surface area contributed by atoms with Crippen LogP contribution in [0.1, 0.15) is 19.8 Å². The molecule has 0 aromatic rings. The summed E-state index contributed by atoms with van der Waals surface area (Å²) in [4.78, 5) is 33.5. The number of rotatable bonds is 7. The number of hydrogen-bond acceptors (Lipinski definition) is 4. The summed E-state index contributed by atoms with van der Waals surface area (Å²) >= 11 is 15.8. The molecule has 0 radical (unpaired) electrons. The zero-order valence-electron chi connectivity index (χ0n) is 10.3. The molecular formula is C10H15Cl3N2O4. The van der Waals surface area contributed by atoms with Gasteiger partial charge < -0.3 is 15.4 Å². The van der Waals surface area contributed by atoms with Crippen molar-refractivity contribution in [3.63, 3.8) is 0 Å². The lowest BCUT2D eigenvalue weighted by Gasteiger charge is -2.11. The van der Waals surface area contributed by atoms with Gasteiger partial charge in [0.25, 0.3) is 9.70 Å². The van der Waals surface area contributed by atoms with Crippen LogP contribution in [0.3, 0.4) is 0 Å². The molecule has 0 aliphatic heterocycles. The Balaban J connectivity index is 3.76. The fourth-order valence-electron chi connectivity index (χ4n) is 0.875. The maximum Gasteiger partial charge on any atom is 0.325 e. The lowest BCUT2D eigenvalue weighted by molar-refractivity contribution is -0.144. The van der Waals surface area contributed by atoms with Crippen LogP contribution in [0.4, 0.5) is 0 Å². The summed E-state index contributed by atoms with van der Waals surface area (Å²) in [5.74, 6) is -2.05. The maximum absolute atomic E-state index is 11.2. The molecule has 0 saturated heterocycles. The van der Waals surface area contributed by atoms with Gasteiger partial charge in [-0.3, -0.25) is 14.4 Å². The fourth-order valence-corrected chi connectivity index (χ4v) is 1.08. The minimum absolute atomic E-state index is 0.272. The fraction of sp³-hybridized carbons (Fsp3) is 0.700. The summed E-state index contributed by atoms with van der Waals surface area (Å²) in [6.45, 7) is 1.61. The zero-order valence-corrected chi connectivity index (χ0v) is 12.6. The van der Waals surface area contributed by atoms with E-state index in [0.717, 1.165) is 12.8 Å². The van der Waals surface area contributed by atoms with Crippen LogP contribution < -0.4 is 10.6 Å². The van der Waals surface area contributed by atoms with E-state index < -0.39 is 28.1 Å². The first-order chi connectivity index (χ1) is 8.77. The monoisotopic (exact) mass is 332 g/mol. The molecule has 0 aliphatic rings. The summed E-state index contributed by atoms with van der Waals surface area (Å²) in [7, 11) is 0. The molecule has 0 aromatic carbocycles. The van der Waals surface area contributed by atoms with Gasteiger partial charge in [0.15, 0.2) is 0 Å². The summed E-state index contributed by atoms with van der Waals surface area (Å²) in [5, 5.41) is 4.36. The van der Waals surface area contributed by atoms with Crippen molar-refractivity contribution < 1.29 is 19.1 Å². The number of ether oxygens (including phenoxy) is 1. The Kier molecular flexibility index (Phi) is 8.88. The number of amides is 2. The van der Waals surface area contributed by atoms with Gasteiger partial charge in [-0.05, 0) is 6.42 Å². The molecular weight excluding hydrogens is 318 g/mol. The molecule has 0 saturated carbocycles. The molecule has 0 unspecified atom stereocenters. The lowest BCUT2D eigenvalue weighted by atomic mass is 10.4. The second-order valence-electron chi connectivity index (χ2n) is 3.53. The Hall–Kier alpha value is -0.720. The highest BCUT2D eigenvalue weighted by Gasteiger charge is 2.30. The summed E-state index contributed by atoms with van der Waals surface area (Å²) in [5.41, 5.74) is 0. The van der Waals surface area contributed by atoms with Crippen molar-refractivity contribution in [2.24, 2.45) is 0 Å². The van der Waals surface area contributed by atoms with Gasteiger partial charge in [-0.25, -0.2) is 0 Å². The molecule has 9 heteroatoms. The van der Waals surface area contributed by atoms with Gasteiger partial charge in [0, 0.05) is 0 Å². The number of carbonyl (C=O) groups excluding carboxylic acids is 3. The van der Waals surface area contributed by atoms with Crippen molar-refractivity contribution in [1.82, 2.24) is 10.6 Å². The van der Waals surface area contributed by atoms with Crippen molar-refractivity contribution in [3.8, 4) is 0 Å². The van der Waals surface area contributed by atoms with Crippen molar-refractivity contribution in [3.05, 3.63) is 0 Å². The Morgan fingerprint density at radius 1 is 1.11 bits per heavy atom. The Bertz CT molecular complexity index is 331. The summed E-state index contributed by atoms with van der Waals surface area (Å²) in [6.07, 6.45) is 1.67. The molecule has 2 amide bonds. The van der Waals surface area contributed by atoms with Gasteiger partial charge >= 0.3 is 5.97 Å². The molecule has 0 spiro atoms. The number of unbranched alkanes of at least 4 members (excludes halogenated alkanes) is 1. The molecule has 6 nitrogen and oxygen atoms in total. The number of hydrogen-bond donors (Lipinski definition) is 2. The lowest BCUT2D eigenvalue weighted by Crippen LogP contribution is -2.43. The average molecular weight is 334 g/mol. The molecule has 0 bridgehead atoms. The van der Waals surface area contributed by atoms with E-state index >= 15 is 0 Å². The van der Waals surface area contributed by atoms with E-state index in [9.17, 15) is 14.4 Å². The van der Waals surface area contributed by atoms with Crippen molar-refractivity contribution in [2.75, 3.05) is 19.7 Å². The minimum Gasteiger partial charge on any atom is -0.464 e. The van der Waals surface area contributed by atoms with Crippen LogP contribution in [0.2, 0.25) is 0 Å². The summed E-state index contributed by atoms with van der Waals surface area (Å²) in [6, 6.07) is 0. The van der Waals surface area contributed by atoms with Crippen LogP contribution in [0.25, 0.3) is 0 Å². The van der Waals surface area contributed by atoms with E-state index in [2.05, 4.69) is 10.6 Å². The Morgan fingerprint density at radius 2 is 1.74 bits per heavy atom. The van der Waals surface area contributed by atoms with Gasteiger partial charge in [0.05, 0.1) is 13.2 Å². The number of esters is 1. The van der Waals surface area contributed by atoms with Gasteiger partial charge in [0.1, 0.15) is 6.54 Å². The average Bonchev–Trinajstić information content (AvgIpc) is 2.32. The third-order valence-corrected chi connectivity index (χ3v) is 2.37. The highest BCUT2D eigenvalue weighted by molar-refractivity contribution is 6.76. The van der Waals surface area contributed by atoms with Crippen molar-refractivity contribution >= 4 is 52.6 Å². The van der Waals surface area contributed by atoms with Gasteiger partial charge in [0.2, 0.25) is 5.91 Å². The minimum atomic E-state index is -2.13. The highest BCUT2D eigenvalue weighted by Crippen LogP contribution is 2.25. The van der Waals surface area contributed by atoms with E-state index in [0.29, 0.717) is 6.61 Å². The second-order valence-corrected chi connectivity index (χ2v) is 5.81. The molecule has 2 N–H and O–H groups in total. The molecule has 0 fully saturated rings. The second kappa shape index (κ2) is 9.23. The first kappa shape index (κ1) is 18.3. The molecule has 110 valence electrons. The van der Waals surface area contributed by atoms with Crippen molar-refractivity contribution in [1.29, 1.82) is 0 Å².